The molecule has 22 heavy (non-hydrogen) atoms. The molecule has 0 aromatic heterocycles. The molecule has 1 N–H and O–H groups in total. The second-order valence-electron chi connectivity index (χ2n) is 4.84. The molecule has 4 nitrogen and oxygen atoms in total. The lowest BCUT2D eigenvalue weighted by Gasteiger charge is -2.09. The lowest BCUT2D eigenvalue weighted by atomic mass is 10.0. The maximum atomic E-state index is 11.6. The van der Waals surface area contributed by atoms with Crippen LogP contribution in [-0.2, 0) is 4.79 Å². The Hall–Kier alpha value is -2.75. The van der Waals surface area contributed by atoms with Crippen LogP contribution in [0.5, 0.6) is 11.5 Å². The maximum Gasteiger partial charge on any atom is 0.336 e. The second-order valence-corrected chi connectivity index (χ2v) is 4.84. The van der Waals surface area contributed by atoms with Crippen molar-refractivity contribution in [1.29, 1.82) is 0 Å². The number of carboxylic acids is 1. The Bertz CT molecular complexity index is 717. The topological polar surface area (TPSA) is 55.8 Å². The van der Waals surface area contributed by atoms with Crippen LogP contribution in [-0.4, -0.2) is 25.3 Å². The second kappa shape index (κ2) is 6.80. The molecule has 4 heteroatoms. The molecule has 2 rings (SSSR count). The van der Waals surface area contributed by atoms with E-state index in [1.54, 1.807) is 44.6 Å². The van der Waals surface area contributed by atoms with Gasteiger partial charge >= 0.3 is 5.97 Å². The molecule has 0 amide bonds. The molecule has 0 saturated carbocycles. The highest BCUT2D eigenvalue weighted by Crippen LogP contribution is 2.28. The van der Waals surface area contributed by atoms with Crippen molar-refractivity contribution < 1.29 is 19.4 Å². The molecule has 0 saturated heterocycles. The van der Waals surface area contributed by atoms with Gasteiger partial charge < -0.3 is 14.6 Å². The van der Waals surface area contributed by atoms with Gasteiger partial charge in [0.05, 0.1) is 19.8 Å². The minimum absolute atomic E-state index is 0.204. The van der Waals surface area contributed by atoms with Gasteiger partial charge in [0.25, 0.3) is 0 Å². The van der Waals surface area contributed by atoms with Gasteiger partial charge in [-0.05, 0) is 36.8 Å². The van der Waals surface area contributed by atoms with Crippen molar-refractivity contribution in [3.63, 3.8) is 0 Å². The molecule has 0 aliphatic carbocycles. The van der Waals surface area contributed by atoms with Crippen LogP contribution >= 0.6 is 0 Å². The Balaban J connectivity index is 2.58. The van der Waals surface area contributed by atoms with E-state index >= 15 is 0 Å². The Morgan fingerprint density at radius 3 is 2.45 bits per heavy atom. The number of methoxy groups -OCH3 is 2. The van der Waals surface area contributed by atoms with Crippen molar-refractivity contribution in [2.45, 2.75) is 6.92 Å². The van der Waals surface area contributed by atoms with Crippen molar-refractivity contribution >= 4 is 17.6 Å². The first-order valence-corrected chi connectivity index (χ1v) is 6.79. The van der Waals surface area contributed by atoms with Crippen molar-refractivity contribution in [2.75, 3.05) is 14.2 Å². The molecule has 0 fully saturated rings. The number of hydrogen-bond acceptors (Lipinski definition) is 3. The summed E-state index contributed by atoms with van der Waals surface area (Å²) in [5.41, 5.74) is 2.51. The van der Waals surface area contributed by atoms with Crippen LogP contribution in [0.15, 0.2) is 42.5 Å². The molecule has 0 heterocycles. The van der Waals surface area contributed by atoms with Gasteiger partial charge in [-0.1, -0.05) is 29.8 Å². The van der Waals surface area contributed by atoms with Crippen LogP contribution in [0.1, 0.15) is 16.7 Å². The predicted molar refractivity (Wildman–Crippen MR) is 86.2 cm³/mol. The number of carboxylic acid groups (broad SMARTS) is 1. The largest absolute Gasteiger partial charge is 0.497 e. The molecule has 2 aromatic carbocycles. The molecular weight excluding hydrogens is 280 g/mol. The van der Waals surface area contributed by atoms with E-state index < -0.39 is 5.97 Å². The highest BCUT2D eigenvalue weighted by atomic mass is 16.5. The summed E-state index contributed by atoms with van der Waals surface area (Å²) in [5, 5.41) is 9.53. The van der Waals surface area contributed by atoms with Crippen molar-refractivity contribution in [2.24, 2.45) is 0 Å². The Kier molecular flexibility index (Phi) is 4.84. The highest BCUT2D eigenvalue weighted by Gasteiger charge is 2.13. The van der Waals surface area contributed by atoms with Gasteiger partial charge in [0, 0.05) is 5.56 Å². The van der Waals surface area contributed by atoms with Gasteiger partial charge in [-0.15, -0.1) is 0 Å². The zero-order chi connectivity index (χ0) is 16.1. The smallest absolute Gasteiger partial charge is 0.336 e. The lowest BCUT2D eigenvalue weighted by Crippen LogP contribution is -2.00. The van der Waals surface area contributed by atoms with E-state index in [0.717, 1.165) is 5.56 Å². The monoisotopic (exact) mass is 298 g/mol. The lowest BCUT2D eigenvalue weighted by molar-refractivity contribution is -0.130. The number of hydrogen-bond donors (Lipinski definition) is 1. The Morgan fingerprint density at radius 1 is 1.09 bits per heavy atom. The third-order valence-electron chi connectivity index (χ3n) is 3.30. The average molecular weight is 298 g/mol. The van der Waals surface area contributed by atoms with Gasteiger partial charge in [-0.3, -0.25) is 0 Å². The number of rotatable bonds is 5. The summed E-state index contributed by atoms with van der Waals surface area (Å²) < 4.78 is 10.5. The molecule has 0 atom stereocenters. The Labute approximate surface area is 129 Å². The first kappa shape index (κ1) is 15.6. The van der Waals surface area contributed by atoms with Gasteiger partial charge in [0.15, 0.2) is 0 Å². The molecule has 114 valence electrons. The Morgan fingerprint density at radius 2 is 1.86 bits per heavy atom. The number of benzene rings is 2. The third kappa shape index (κ3) is 3.47. The van der Waals surface area contributed by atoms with E-state index in [-0.39, 0.29) is 5.57 Å². The average Bonchev–Trinajstić information content (AvgIpc) is 2.52. The standard InChI is InChI=1S/C18H18O4/c1-12-5-4-6-13(9-12)16(18(19)20)11-14-10-15(21-2)7-8-17(14)22-3/h4-11H,1-3H3,(H,19,20)/b16-11+. The van der Waals surface area contributed by atoms with Crippen LogP contribution in [0.3, 0.4) is 0 Å². The summed E-state index contributed by atoms with van der Waals surface area (Å²) in [5.74, 6) is 0.240. The first-order valence-electron chi connectivity index (χ1n) is 6.79. The van der Waals surface area contributed by atoms with Gasteiger partial charge in [-0.25, -0.2) is 4.79 Å². The molecule has 0 radical (unpaired) electrons. The van der Waals surface area contributed by atoms with Crippen LogP contribution in [0, 0.1) is 6.92 Å². The van der Waals surface area contributed by atoms with Crippen LogP contribution in [0.25, 0.3) is 11.6 Å². The molecule has 0 aliphatic heterocycles. The summed E-state index contributed by atoms with van der Waals surface area (Å²) in [6, 6.07) is 12.6. The zero-order valence-electron chi connectivity index (χ0n) is 12.8. The molecule has 0 bridgehead atoms. The maximum absolute atomic E-state index is 11.6. The summed E-state index contributed by atoms with van der Waals surface area (Å²) in [6.07, 6.45) is 1.60. The minimum atomic E-state index is -0.990. The summed E-state index contributed by atoms with van der Waals surface area (Å²) in [6.45, 7) is 1.93. The fourth-order valence-corrected chi connectivity index (χ4v) is 2.19. The number of aryl methyl sites for hydroxylation is 1. The normalized spacial score (nSPS) is 11.1. The molecule has 0 unspecified atom stereocenters. The van der Waals surface area contributed by atoms with Gasteiger partial charge in [0.1, 0.15) is 11.5 Å². The quantitative estimate of drug-likeness (QED) is 0.676. The predicted octanol–water partition coefficient (Wildman–Crippen LogP) is 3.64. The number of ether oxygens (including phenoxy) is 2. The van der Waals surface area contributed by atoms with E-state index in [4.69, 9.17) is 9.47 Å². The van der Waals surface area contributed by atoms with E-state index in [2.05, 4.69) is 0 Å². The fourth-order valence-electron chi connectivity index (χ4n) is 2.19. The zero-order valence-corrected chi connectivity index (χ0v) is 12.8. The van der Waals surface area contributed by atoms with Crippen molar-refractivity contribution in [3.8, 4) is 11.5 Å². The highest BCUT2D eigenvalue weighted by molar-refractivity contribution is 6.20. The molecule has 2 aromatic rings. The van der Waals surface area contributed by atoms with E-state index in [1.807, 2.05) is 25.1 Å². The summed E-state index contributed by atoms with van der Waals surface area (Å²) in [7, 11) is 3.11. The van der Waals surface area contributed by atoms with Gasteiger partial charge in [-0.2, -0.15) is 0 Å². The third-order valence-corrected chi connectivity index (χ3v) is 3.30. The number of carbonyl (C=O) groups is 1. The number of aliphatic carboxylic acids is 1. The van der Waals surface area contributed by atoms with Gasteiger partial charge in [0.2, 0.25) is 0 Å². The molecule has 0 aliphatic rings. The SMILES string of the molecule is COc1ccc(OC)c(/C=C(/C(=O)O)c2cccc(C)c2)c1. The molecular formula is C18H18O4. The minimum Gasteiger partial charge on any atom is -0.497 e. The van der Waals surface area contributed by atoms with Crippen LogP contribution < -0.4 is 9.47 Å². The summed E-state index contributed by atoms with van der Waals surface area (Å²) in [4.78, 5) is 11.6. The van der Waals surface area contributed by atoms with E-state index in [9.17, 15) is 9.90 Å². The fraction of sp³-hybridized carbons (Fsp3) is 0.167. The molecule has 0 spiro atoms. The first-order chi connectivity index (χ1) is 10.5. The van der Waals surface area contributed by atoms with E-state index in [1.165, 1.54) is 0 Å². The van der Waals surface area contributed by atoms with Crippen LogP contribution in [0.2, 0.25) is 0 Å². The van der Waals surface area contributed by atoms with E-state index in [0.29, 0.717) is 22.6 Å². The summed E-state index contributed by atoms with van der Waals surface area (Å²) >= 11 is 0. The van der Waals surface area contributed by atoms with Crippen molar-refractivity contribution in [3.05, 3.63) is 59.2 Å². The van der Waals surface area contributed by atoms with Crippen LogP contribution in [0.4, 0.5) is 0 Å². The van der Waals surface area contributed by atoms with Crippen molar-refractivity contribution in [1.82, 2.24) is 0 Å².